The van der Waals surface area contributed by atoms with Crippen LogP contribution in [-0.2, 0) is 4.74 Å². The Hall–Kier alpha value is -1.36. The molecular weight excluding hydrogens is 218 g/mol. The fraction of sp³-hybridized carbons (Fsp3) is 0.667. The molecule has 94 valence electrons. The van der Waals surface area contributed by atoms with Gasteiger partial charge in [0.05, 0.1) is 17.9 Å². The summed E-state index contributed by atoms with van der Waals surface area (Å²) in [4.78, 5) is 12.1. The number of aromatic amines is 1. The molecule has 5 nitrogen and oxygen atoms in total. The summed E-state index contributed by atoms with van der Waals surface area (Å²) in [6.07, 6.45) is 1.02. The van der Waals surface area contributed by atoms with Gasteiger partial charge < -0.3 is 10.1 Å². The Bertz CT molecular complexity index is 388. The Balaban J connectivity index is 2.01. The molecule has 17 heavy (non-hydrogen) atoms. The summed E-state index contributed by atoms with van der Waals surface area (Å²) in [5.74, 6) is 0.375. The van der Waals surface area contributed by atoms with Crippen LogP contribution in [0.5, 0.6) is 0 Å². The number of nitrogens with zero attached hydrogens (tertiary/aromatic N) is 1. The third-order valence-electron chi connectivity index (χ3n) is 3.39. The van der Waals surface area contributed by atoms with Gasteiger partial charge in [-0.2, -0.15) is 5.10 Å². The van der Waals surface area contributed by atoms with Crippen LogP contribution in [0.3, 0.4) is 0 Å². The quantitative estimate of drug-likeness (QED) is 0.829. The lowest BCUT2D eigenvalue weighted by molar-refractivity contribution is 0.0921. The predicted molar refractivity (Wildman–Crippen MR) is 63.9 cm³/mol. The number of H-pyrrole nitrogens is 1. The summed E-state index contributed by atoms with van der Waals surface area (Å²) < 4.78 is 5.33. The molecule has 1 fully saturated rings. The van der Waals surface area contributed by atoms with E-state index in [4.69, 9.17) is 4.74 Å². The molecule has 0 saturated carbocycles. The summed E-state index contributed by atoms with van der Waals surface area (Å²) in [5.41, 5.74) is 2.22. The van der Waals surface area contributed by atoms with Crippen molar-refractivity contribution in [2.24, 2.45) is 5.92 Å². The van der Waals surface area contributed by atoms with Crippen LogP contribution in [0.25, 0.3) is 0 Å². The number of carbonyl (C=O) groups excluding carboxylic acids is 1. The van der Waals surface area contributed by atoms with Gasteiger partial charge in [0.2, 0.25) is 0 Å². The highest BCUT2D eigenvalue weighted by atomic mass is 16.5. The molecule has 1 aliphatic heterocycles. The van der Waals surface area contributed by atoms with E-state index < -0.39 is 0 Å². The van der Waals surface area contributed by atoms with E-state index in [2.05, 4.69) is 15.5 Å². The standard InChI is InChI=1S/C12H19N3O2/c1-7(10-4-5-17-6-10)13-12(16)11-8(2)14-15-9(11)3/h7,10H,4-6H2,1-3H3,(H,13,16)(H,14,15). The van der Waals surface area contributed by atoms with Crippen molar-refractivity contribution in [3.63, 3.8) is 0 Å². The molecule has 0 aliphatic carbocycles. The highest BCUT2D eigenvalue weighted by Gasteiger charge is 2.25. The van der Waals surface area contributed by atoms with Crippen LogP contribution in [0.15, 0.2) is 0 Å². The number of rotatable bonds is 3. The molecule has 2 unspecified atom stereocenters. The van der Waals surface area contributed by atoms with Crippen molar-refractivity contribution in [1.29, 1.82) is 0 Å². The molecule has 2 atom stereocenters. The van der Waals surface area contributed by atoms with E-state index in [0.29, 0.717) is 11.5 Å². The average Bonchev–Trinajstić information content (AvgIpc) is 2.88. The molecule has 0 radical (unpaired) electrons. The first-order chi connectivity index (χ1) is 8.09. The lowest BCUT2D eigenvalue weighted by Gasteiger charge is -2.19. The van der Waals surface area contributed by atoms with Crippen LogP contribution in [0.2, 0.25) is 0 Å². The van der Waals surface area contributed by atoms with Crippen LogP contribution >= 0.6 is 0 Å². The van der Waals surface area contributed by atoms with E-state index in [9.17, 15) is 4.79 Å². The molecule has 1 amide bonds. The first kappa shape index (κ1) is 12.1. The zero-order valence-electron chi connectivity index (χ0n) is 10.5. The second-order valence-corrected chi connectivity index (χ2v) is 4.69. The van der Waals surface area contributed by atoms with E-state index in [1.807, 2.05) is 20.8 Å². The van der Waals surface area contributed by atoms with Gasteiger partial charge in [0.1, 0.15) is 0 Å². The van der Waals surface area contributed by atoms with Crippen molar-refractivity contribution >= 4 is 5.91 Å². The van der Waals surface area contributed by atoms with Crippen molar-refractivity contribution in [3.05, 3.63) is 17.0 Å². The first-order valence-electron chi connectivity index (χ1n) is 5.99. The second kappa shape index (κ2) is 4.87. The number of ether oxygens (including phenoxy) is 1. The Morgan fingerprint density at radius 1 is 1.59 bits per heavy atom. The van der Waals surface area contributed by atoms with E-state index in [1.54, 1.807) is 0 Å². The fourth-order valence-corrected chi connectivity index (χ4v) is 2.23. The van der Waals surface area contributed by atoms with Crippen molar-refractivity contribution in [2.75, 3.05) is 13.2 Å². The first-order valence-corrected chi connectivity index (χ1v) is 5.99. The number of carbonyl (C=O) groups is 1. The fourth-order valence-electron chi connectivity index (χ4n) is 2.23. The van der Waals surface area contributed by atoms with Crippen LogP contribution in [-0.4, -0.2) is 35.4 Å². The maximum atomic E-state index is 12.1. The van der Waals surface area contributed by atoms with Gasteiger partial charge >= 0.3 is 0 Å². The minimum absolute atomic E-state index is 0.0480. The largest absolute Gasteiger partial charge is 0.381 e. The summed E-state index contributed by atoms with van der Waals surface area (Å²) in [6.45, 7) is 7.27. The molecule has 1 saturated heterocycles. The Labute approximate surface area is 101 Å². The molecule has 5 heteroatoms. The number of hydrogen-bond acceptors (Lipinski definition) is 3. The zero-order chi connectivity index (χ0) is 12.4. The number of nitrogens with one attached hydrogen (secondary N) is 2. The summed E-state index contributed by atoms with van der Waals surface area (Å²) in [7, 11) is 0. The van der Waals surface area contributed by atoms with Crippen LogP contribution < -0.4 is 5.32 Å². The van der Waals surface area contributed by atoms with Gasteiger partial charge in [-0.25, -0.2) is 0 Å². The van der Waals surface area contributed by atoms with Crippen molar-refractivity contribution in [3.8, 4) is 0 Å². The highest BCUT2D eigenvalue weighted by Crippen LogP contribution is 2.17. The SMILES string of the molecule is Cc1n[nH]c(C)c1C(=O)NC(C)C1CCOC1. The molecule has 1 aliphatic rings. The molecular formula is C12H19N3O2. The lowest BCUT2D eigenvalue weighted by Crippen LogP contribution is -2.38. The molecule has 0 bridgehead atoms. The summed E-state index contributed by atoms with van der Waals surface area (Å²) in [5, 5.41) is 9.88. The smallest absolute Gasteiger partial charge is 0.255 e. The highest BCUT2D eigenvalue weighted by molar-refractivity contribution is 5.96. The Morgan fingerprint density at radius 2 is 2.35 bits per heavy atom. The number of aryl methyl sites for hydroxylation is 2. The third kappa shape index (κ3) is 2.49. The van der Waals surface area contributed by atoms with E-state index in [0.717, 1.165) is 31.0 Å². The van der Waals surface area contributed by atoms with Gasteiger partial charge in [0.15, 0.2) is 0 Å². The van der Waals surface area contributed by atoms with Crippen LogP contribution in [0.1, 0.15) is 35.1 Å². The van der Waals surface area contributed by atoms with Crippen molar-refractivity contribution in [1.82, 2.24) is 15.5 Å². The lowest BCUT2D eigenvalue weighted by atomic mass is 10.0. The second-order valence-electron chi connectivity index (χ2n) is 4.69. The van der Waals surface area contributed by atoms with Crippen LogP contribution in [0.4, 0.5) is 0 Å². The van der Waals surface area contributed by atoms with E-state index in [-0.39, 0.29) is 11.9 Å². The minimum Gasteiger partial charge on any atom is -0.381 e. The predicted octanol–water partition coefficient (Wildman–Crippen LogP) is 1.18. The zero-order valence-corrected chi connectivity index (χ0v) is 10.5. The van der Waals surface area contributed by atoms with E-state index in [1.165, 1.54) is 0 Å². The molecule has 1 aromatic rings. The minimum atomic E-state index is -0.0480. The molecule has 2 N–H and O–H groups in total. The Morgan fingerprint density at radius 3 is 2.88 bits per heavy atom. The molecule has 2 rings (SSSR count). The van der Waals surface area contributed by atoms with Gasteiger partial charge in [0, 0.05) is 24.3 Å². The maximum absolute atomic E-state index is 12.1. The topological polar surface area (TPSA) is 67.0 Å². The normalized spacial score (nSPS) is 21.5. The third-order valence-corrected chi connectivity index (χ3v) is 3.39. The van der Waals surface area contributed by atoms with Crippen molar-refractivity contribution in [2.45, 2.75) is 33.2 Å². The van der Waals surface area contributed by atoms with Gasteiger partial charge in [-0.05, 0) is 27.2 Å². The Kier molecular flexibility index (Phi) is 3.47. The van der Waals surface area contributed by atoms with E-state index >= 15 is 0 Å². The van der Waals surface area contributed by atoms with Crippen molar-refractivity contribution < 1.29 is 9.53 Å². The van der Waals surface area contributed by atoms with Gasteiger partial charge in [-0.15, -0.1) is 0 Å². The molecule has 0 aromatic carbocycles. The van der Waals surface area contributed by atoms with Gasteiger partial charge in [0.25, 0.3) is 5.91 Å². The molecule has 2 heterocycles. The number of hydrogen-bond donors (Lipinski definition) is 2. The molecule has 1 aromatic heterocycles. The monoisotopic (exact) mass is 237 g/mol. The number of aromatic nitrogens is 2. The van der Waals surface area contributed by atoms with Gasteiger partial charge in [-0.1, -0.05) is 0 Å². The van der Waals surface area contributed by atoms with Crippen LogP contribution in [0, 0.1) is 19.8 Å². The molecule has 0 spiro atoms. The van der Waals surface area contributed by atoms with Gasteiger partial charge in [-0.3, -0.25) is 9.89 Å². The summed E-state index contributed by atoms with van der Waals surface area (Å²) in [6, 6.07) is 0.138. The summed E-state index contributed by atoms with van der Waals surface area (Å²) >= 11 is 0. The number of amides is 1. The average molecular weight is 237 g/mol. The maximum Gasteiger partial charge on any atom is 0.255 e.